The number of hydrogen-bond donors (Lipinski definition) is 0. The molecular formula is C17H15F. The van der Waals surface area contributed by atoms with E-state index in [9.17, 15) is 4.39 Å². The molecule has 0 aliphatic heterocycles. The Morgan fingerprint density at radius 1 is 0.944 bits per heavy atom. The van der Waals surface area contributed by atoms with Gasteiger partial charge in [-0.05, 0) is 60.2 Å². The van der Waals surface area contributed by atoms with E-state index in [4.69, 9.17) is 0 Å². The number of benzene rings is 2. The van der Waals surface area contributed by atoms with Gasteiger partial charge < -0.3 is 0 Å². The summed E-state index contributed by atoms with van der Waals surface area (Å²) in [6, 6.07) is 13.4. The normalized spacial score (nSPS) is 13.9. The van der Waals surface area contributed by atoms with E-state index in [2.05, 4.69) is 32.0 Å². The molecule has 0 radical (unpaired) electrons. The van der Waals surface area contributed by atoms with E-state index in [0.717, 1.165) is 12.0 Å². The van der Waals surface area contributed by atoms with Gasteiger partial charge in [0.1, 0.15) is 5.82 Å². The number of hydrogen-bond acceptors (Lipinski definition) is 0. The summed E-state index contributed by atoms with van der Waals surface area (Å²) in [6.45, 7) is 4.27. The molecule has 0 N–H and O–H groups in total. The molecule has 0 spiro atoms. The molecule has 1 heteroatoms. The van der Waals surface area contributed by atoms with Crippen LogP contribution in [0.1, 0.15) is 29.2 Å². The SMILES string of the molecule is CC1=C(c2ccc(F)cc2)Cc2ccc(C)cc21. The van der Waals surface area contributed by atoms with Crippen molar-refractivity contribution in [2.45, 2.75) is 20.3 Å². The average molecular weight is 238 g/mol. The van der Waals surface area contributed by atoms with Gasteiger partial charge in [-0.2, -0.15) is 0 Å². The van der Waals surface area contributed by atoms with Gasteiger partial charge in [-0.25, -0.2) is 4.39 Å². The van der Waals surface area contributed by atoms with Crippen LogP contribution in [0.25, 0.3) is 11.1 Å². The number of fused-ring (bicyclic) bond motifs is 1. The Kier molecular flexibility index (Phi) is 2.55. The van der Waals surface area contributed by atoms with Crippen LogP contribution in [-0.2, 0) is 6.42 Å². The molecule has 0 amide bonds. The third-order valence-corrected chi connectivity index (χ3v) is 3.68. The molecule has 0 aromatic heterocycles. The first kappa shape index (κ1) is 11.2. The second kappa shape index (κ2) is 4.09. The van der Waals surface area contributed by atoms with Crippen molar-refractivity contribution in [2.75, 3.05) is 0 Å². The van der Waals surface area contributed by atoms with Gasteiger partial charge in [0, 0.05) is 0 Å². The van der Waals surface area contributed by atoms with Crippen molar-refractivity contribution >= 4 is 11.1 Å². The molecule has 0 heterocycles. The van der Waals surface area contributed by atoms with Crippen molar-refractivity contribution in [1.29, 1.82) is 0 Å². The molecule has 2 aromatic rings. The van der Waals surface area contributed by atoms with Crippen molar-refractivity contribution in [3.05, 3.63) is 70.5 Å². The molecule has 2 aromatic carbocycles. The zero-order valence-corrected chi connectivity index (χ0v) is 10.6. The summed E-state index contributed by atoms with van der Waals surface area (Å²) in [7, 11) is 0. The molecule has 0 bridgehead atoms. The van der Waals surface area contributed by atoms with Crippen LogP contribution >= 0.6 is 0 Å². The summed E-state index contributed by atoms with van der Waals surface area (Å²) in [5, 5.41) is 0. The molecule has 18 heavy (non-hydrogen) atoms. The Balaban J connectivity index is 2.08. The van der Waals surface area contributed by atoms with Gasteiger partial charge in [-0.3, -0.25) is 0 Å². The van der Waals surface area contributed by atoms with E-state index in [1.54, 1.807) is 0 Å². The minimum absolute atomic E-state index is 0.177. The molecule has 0 saturated heterocycles. The zero-order chi connectivity index (χ0) is 12.7. The first-order valence-corrected chi connectivity index (χ1v) is 6.21. The molecule has 0 atom stereocenters. The fourth-order valence-electron chi connectivity index (χ4n) is 2.65. The predicted octanol–water partition coefficient (Wildman–Crippen LogP) is 4.62. The number of rotatable bonds is 1. The van der Waals surface area contributed by atoms with Crippen molar-refractivity contribution in [1.82, 2.24) is 0 Å². The molecule has 0 unspecified atom stereocenters. The van der Waals surface area contributed by atoms with Crippen molar-refractivity contribution in [3.63, 3.8) is 0 Å². The van der Waals surface area contributed by atoms with Crippen LogP contribution in [0, 0.1) is 12.7 Å². The molecule has 90 valence electrons. The van der Waals surface area contributed by atoms with Gasteiger partial charge in [0.05, 0.1) is 0 Å². The Morgan fingerprint density at radius 2 is 1.67 bits per heavy atom. The quantitative estimate of drug-likeness (QED) is 0.680. The number of allylic oxidation sites excluding steroid dienone is 2. The maximum atomic E-state index is 13.0. The van der Waals surface area contributed by atoms with E-state index in [1.807, 2.05) is 12.1 Å². The minimum Gasteiger partial charge on any atom is -0.207 e. The summed E-state index contributed by atoms with van der Waals surface area (Å²) >= 11 is 0. The summed E-state index contributed by atoms with van der Waals surface area (Å²) < 4.78 is 13.0. The second-order valence-corrected chi connectivity index (χ2v) is 4.95. The van der Waals surface area contributed by atoms with Crippen LogP contribution < -0.4 is 0 Å². The van der Waals surface area contributed by atoms with E-state index >= 15 is 0 Å². The van der Waals surface area contributed by atoms with Crippen LogP contribution in [0.5, 0.6) is 0 Å². The van der Waals surface area contributed by atoms with Gasteiger partial charge >= 0.3 is 0 Å². The fourth-order valence-corrected chi connectivity index (χ4v) is 2.65. The van der Waals surface area contributed by atoms with Crippen LogP contribution in [-0.4, -0.2) is 0 Å². The molecule has 1 aliphatic carbocycles. The topological polar surface area (TPSA) is 0 Å². The summed E-state index contributed by atoms with van der Waals surface area (Å²) in [6.07, 6.45) is 0.951. The first-order chi connectivity index (χ1) is 8.65. The smallest absolute Gasteiger partial charge is 0.123 e. The first-order valence-electron chi connectivity index (χ1n) is 6.21. The van der Waals surface area contributed by atoms with E-state index in [-0.39, 0.29) is 5.82 Å². The van der Waals surface area contributed by atoms with Crippen molar-refractivity contribution in [2.24, 2.45) is 0 Å². The maximum Gasteiger partial charge on any atom is 0.123 e. The Hall–Kier alpha value is -1.89. The van der Waals surface area contributed by atoms with E-state index in [1.165, 1.54) is 40.0 Å². The molecule has 1 aliphatic rings. The van der Waals surface area contributed by atoms with Crippen LogP contribution in [0.4, 0.5) is 4.39 Å². The largest absolute Gasteiger partial charge is 0.207 e. The highest BCUT2D eigenvalue weighted by Gasteiger charge is 2.19. The summed E-state index contributed by atoms with van der Waals surface area (Å²) in [5.74, 6) is -0.177. The lowest BCUT2D eigenvalue weighted by Gasteiger charge is -2.04. The van der Waals surface area contributed by atoms with Gasteiger partial charge in [-0.1, -0.05) is 35.9 Å². The Labute approximate surface area is 107 Å². The average Bonchev–Trinajstić information content (AvgIpc) is 2.68. The molecule has 0 saturated carbocycles. The van der Waals surface area contributed by atoms with Gasteiger partial charge in [-0.15, -0.1) is 0 Å². The van der Waals surface area contributed by atoms with Crippen molar-refractivity contribution < 1.29 is 4.39 Å². The minimum atomic E-state index is -0.177. The monoisotopic (exact) mass is 238 g/mol. The van der Waals surface area contributed by atoms with Gasteiger partial charge in [0.2, 0.25) is 0 Å². The molecule has 0 fully saturated rings. The Bertz CT molecular complexity index is 633. The third-order valence-electron chi connectivity index (χ3n) is 3.68. The number of aryl methyl sites for hydroxylation is 1. The molecular weight excluding hydrogens is 223 g/mol. The van der Waals surface area contributed by atoms with Crippen LogP contribution in [0.2, 0.25) is 0 Å². The van der Waals surface area contributed by atoms with Crippen molar-refractivity contribution in [3.8, 4) is 0 Å². The summed E-state index contributed by atoms with van der Waals surface area (Å²) in [4.78, 5) is 0. The lowest BCUT2D eigenvalue weighted by Crippen LogP contribution is -1.86. The predicted molar refractivity (Wildman–Crippen MR) is 73.8 cm³/mol. The van der Waals surface area contributed by atoms with Crippen LogP contribution in [0.3, 0.4) is 0 Å². The van der Waals surface area contributed by atoms with Gasteiger partial charge in [0.15, 0.2) is 0 Å². The zero-order valence-electron chi connectivity index (χ0n) is 10.6. The maximum absolute atomic E-state index is 13.0. The van der Waals surface area contributed by atoms with Gasteiger partial charge in [0.25, 0.3) is 0 Å². The lowest BCUT2D eigenvalue weighted by atomic mass is 10.0. The number of halogens is 1. The lowest BCUT2D eigenvalue weighted by molar-refractivity contribution is 0.627. The molecule has 3 rings (SSSR count). The highest BCUT2D eigenvalue weighted by molar-refractivity contribution is 5.96. The highest BCUT2D eigenvalue weighted by Crippen LogP contribution is 2.38. The van der Waals surface area contributed by atoms with E-state index in [0.29, 0.717) is 0 Å². The van der Waals surface area contributed by atoms with E-state index < -0.39 is 0 Å². The Morgan fingerprint density at radius 3 is 2.39 bits per heavy atom. The third kappa shape index (κ3) is 1.76. The second-order valence-electron chi connectivity index (χ2n) is 4.95. The molecule has 0 nitrogen and oxygen atoms in total. The fraction of sp³-hybridized carbons (Fsp3) is 0.176. The highest BCUT2D eigenvalue weighted by atomic mass is 19.1. The summed E-state index contributed by atoms with van der Waals surface area (Å²) in [5.41, 5.74) is 7.76. The van der Waals surface area contributed by atoms with Crippen LogP contribution in [0.15, 0.2) is 42.5 Å². The standard InChI is InChI=1S/C17H15F/c1-11-3-4-14-10-17(12(2)16(14)9-11)13-5-7-15(18)8-6-13/h3-9H,10H2,1-2H3.